The van der Waals surface area contributed by atoms with Gasteiger partial charge in [-0.2, -0.15) is 0 Å². The molecule has 0 aromatic heterocycles. The molecule has 1 aromatic carbocycles. The van der Waals surface area contributed by atoms with Crippen LogP contribution in [0, 0.1) is 10.1 Å². The summed E-state index contributed by atoms with van der Waals surface area (Å²) < 4.78 is 5.27. The van der Waals surface area contributed by atoms with E-state index in [0.29, 0.717) is 0 Å². The minimum atomic E-state index is -0.623. The van der Waals surface area contributed by atoms with Gasteiger partial charge in [-0.1, -0.05) is 11.2 Å². The molecule has 7 nitrogen and oxygen atoms in total. The summed E-state index contributed by atoms with van der Waals surface area (Å²) in [6.07, 6.45) is -0.194. The van der Waals surface area contributed by atoms with Crippen molar-refractivity contribution < 1.29 is 9.66 Å². The molecule has 0 amide bonds. The van der Waals surface area contributed by atoms with E-state index in [4.69, 9.17) is 10.3 Å². The molecule has 0 spiro atoms. The predicted octanol–water partition coefficient (Wildman–Crippen LogP) is 3.32. The summed E-state index contributed by atoms with van der Waals surface area (Å²) in [6.45, 7) is 3.51. The van der Waals surface area contributed by atoms with E-state index < -0.39 is 4.92 Å². The molecular formula is C9H10N4O3. The summed E-state index contributed by atoms with van der Waals surface area (Å²) in [7, 11) is 0. The molecule has 7 heteroatoms. The van der Waals surface area contributed by atoms with Crippen molar-refractivity contribution in [1.29, 1.82) is 0 Å². The van der Waals surface area contributed by atoms with Crippen LogP contribution in [0.2, 0.25) is 0 Å². The van der Waals surface area contributed by atoms with Crippen LogP contribution < -0.4 is 4.74 Å². The van der Waals surface area contributed by atoms with Gasteiger partial charge in [0, 0.05) is 4.91 Å². The van der Waals surface area contributed by atoms with Gasteiger partial charge in [0.1, 0.15) is 5.69 Å². The summed E-state index contributed by atoms with van der Waals surface area (Å²) in [5.41, 5.74) is 7.93. The number of para-hydroxylation sites is 1. The predicted molar refractivity (Wildman–Crippen MR) is 57.7 cm³/mol. The van der Waals surface area contributed by atoms with Gasteiger partial charge in [-0.05, 0) is 31.5 Å². The van der Waals surface area contributed by atoms with Crippen molar-refractivity contribution in [2.24, 2.45) is 5.11 Å². The Hall–Kier alpha value is -2.27. The van der Waals surface area contributed by atoms with Crippen LogP contribution in [0.25, 0.3) is 10.4 Å². The van der Waals surface area contributed by atoms with Gasteiger partial charge in [0.05, 0.1) is 11.0 Å². The highest BCUT2D eigenvalue weighted by Gasteiger charge is 2.20. The maximum atomic E-state index is 10.8. The van der Waals surface area contributed by atoms with E-state index in [-0.39, 0.29) is 23.2 Å². The molecule has 0 aliphatic heterocycles. The SMILES string of the molecule is CC(C)Oc1cccc(N=[N+]=[N-])c1[N+](=O)[O-]. The van der Waals surface area contributed by atoms with E-state index in [2.05, 4.69) is 10.0 Å². The van der Waals surface area contributed by atoms with Gasteiger partial charge in [0.2, 0.25) is 0 Å². The molecule has 0 heterocycles. The van der Waals surface area contributed by atoms with Crippen molar-refractivity contribution in [3.05, 3.63) is 38.8 Å². The maximum absolute atomic E-state index is 10.8. The van der Waals surface area contributed by atoms with Crippen molar-refractivity contribution in [3.8, 4) is 5.75 Å². The van der Waals surface area contributed by atoms with Gasteiger partial charge >= 0.3 is 5.69 Å². The summed E-state index contributed by atoms with van der Waals surface area (Å²) in [4.78, 5) is 12.8. The number of nitro groups is 1. The Kier molecular flexibility index (Phi) is 3.68. The summed E-state index contributed by atoms with van der Waals surface area (Å²) in [5.74, 6) is 0.102. The third kappa shape index (κ3) is 2.61. The summed E-state index contributed by atoms with van der Waals surface area (Å²) in [5, 5.41) is 14.1. The first-order chi connectivity index (χ1) is 7.56. The highest BCUT2D eigenvalue weighted by Crippen LogP contribution is 2.37. The molecule has 0 bridgehead atoms. The first kappa shape index (κ1) is 11.8. The monoisotopic (exact) mass is 222 g/mol. The second-order valence-corrected chi connectivity index (χ2v) is 3.24. The average Bonchev–Trinajstić information content (AvgIpc) is 2.16. The Bertz CT molecular complexity index is 452. The van der Waals surface area contributed by atoms with Gasteiger partial charge < -0.3 is 4.74 Å². The number of azide groups is 1. The Morgan fingerprint density at radius 3 is 2.75 bits per heavy atom. The molecule has 0 radical (unpaired) electrons. The molecule has 0 saturated carbocycles. The van der Waals surface area contributed by atoms with Crippen LogP contribution in [-0.4, -0.2) is 11.0 Å². The molecule has 0 N–H and O–H groups in total. The van der Waals surface area contributed by atoms with Crippen molar-refractivity contribution in [3.63, 3.8) is 0 Å². The molecule has 0 unspecified atom stereocenters. The minimum absolute atomic E-state index is 0.0503. The summed E-state index contributed by atoms with van der Waals surface area (Å²) >= 11 is 0. The number of nitrogens with zero attached hydrogens (tertiary/aromatic N) is 4. The molecule has 0 saturated heterocycles. The third-order valence-electron chi connectivity index (χ3n) is 1.68. The number of nitro benzene ring substituents is 1. The van der Waals surface area contributed by atoms with Crippen molar-refractivity contribution in [2.45, 2.75) is 20.0 Å². The molecule has 0 aliphatic rings. The van der Waals surface area contributed by atoms with Gasteiger partial charge in [0.15, 0.2) is 5.75 Å². The zero-order valence-electron chi connectivity index (χ0n) is 8.82. The number of hydrogen-bond acceptors (Lipinski definition) is 4. The highest BCUT2D eigenvalue weighted by molar-refractivity contribution is 5.65. The van der Waals surface area contributed by atoms with Gasteiger partial charge in [-0.15, -0.1) is 0 Å². The Morgan fingerprint density at radius 1 is 1.56 bits per heavy atom. The molecule has 84 valence electrons. The first-order valence-electron chi connectivity index (χ1n) is 4.55. The fourth-order valence-corrected chi connectivity index (χ4v) is 1.17. The zero-order chi connectivity index (χ0) is 12.1. The smallest absolute Gasteiger partial charge is 0.320 e. The lowest BCUT2D eigenvalue weighted by atomic mass is 10.2. The third-order valence-corrected chi connectivity index (χ3v) is 1.68. The largest absolute Gasteiger partial charge is 0.484 e. The molecular weight excluding hydrogens is 212 g/mol. The molecule has 1 rings (SSSR count). The van der Waals surface area contributed by atoms with E-state index in [9.17, 15) is 10.1 Å². The highest BCUT2D eigenvalue weighted by atomic mass is 16.6. The Labute approximate surface area is 91.4 Å². The lowest BCUT2D eigenvalue weighted by molar-refractivity contribution is -0.385. The average molecular weight is 222 g/mol. The van der Waals surface area contributed by atoms with Gasteiger partial charge in [-0.3, -0.25) is 10.1 Å². The van der Waals surface area contributed by atoms with Crippen LogP contribution in [-0.2, 0) is 0 Å². The van der Waals surface area contributed by atoms with Crippen LogP contribution in [0.3, 0.4) is 0 Å². The standard InChI is InChI=1S/C9H10N4O3/c1-6(2)16-8-5-3-4-7(11-12-10)9(8)13(14)15/h3-6H,1-2H3. The second kappa shape index (κ2) is 4.99. The fraction of sp³-hybridized carbons (Fsp3) is 0.333. The zero-order valence-corrected chi connectivity index (χ0v) is 8.82. The van der Waals surface area contributed by atoms with Crippen molar-refractivity contribution >= 4 is 11.4 Å². The van der Waals surface area contributed by atoms with Crippen LogP contribution in [0.1, 0.15) is 13.8 Å². The lowest BCUT2D eigenvalue weighted by Crippen LogP contribution is -2.07. The molecule has 0 fully saturated rings. The number of benzene rings is 1. The normalized spacial score (nSPS) is 9.69. The minimum Gasteiger partial charge on any atom is -0.484 e. The van der Waals surface area contributed by atoms with E-state index >= 15 is 0 Å². The van der Waals surface area contributed by atoms with Crippen LogP contribution in [0.5, 0.6) is 5.75 Å². The van der Waals surface area contributed by atoms with Crippen LogP contribution >= 0.6 is 0 Å². The Balaban J connectivity index is 3.32. The van der Waals surface area contributed by atoms with E-state index in [1.807, 2.05) is 0 Å². The lowest BCUT2D eigenvalue weighted by Gasteiger charge is -2.10. The number of ether oxygens (including phenoxy) is 1. The quantitative estimate of drug-likeness (QED) is 0.256. The van der Waals surface area contributed by atoms with Gasteiger partial charge in [-0.25, -0.2) is 0 Å². The van der Waals surface area contributed by atoms with Gasteiger partial charge in [0.25, 0.3) is 0 Å². The van der Waals surface area contributed by atoms with E-state index in [0.717, 1.165) is 0 Å². The summed E-state index contributed by atoms with van der Waals surface area (Å²) in [6, 6.07) is 4.37. The molecule has 1 aromatic rings. The number of rotatable bonds is 4. The first-order valence-corrected chi connectivity index (χ1v) is 4.55. The van der Waals surface area contributed by atoms with Crippen molar-refractivity contribution in [2.75, 3.05) is 0 Å². The maximum Gasteiger partial charge on any atom is 0.320 e. The topological polar surface area (TPSA) is 101 Å². The number of hydrogen-bond donors (Lipinski definition) is 0. The van der Waals surface area contributed by atoms with E-state index in [1.54, 1.807) is 13.8 Å². The van der Waals surface area contributed by atoms with Crippen LogP contribution in [0.4, 0.5) is 11.4 Å². The molecule has 0 atom stereocenters. The van der Waals surface area contributed by atoms with Crippen LogP contribution in [0.15, 0.2) is 23.3 Å². The Morgan fingerprint density at radius 2 is 2.25 bits per heavy atom. The van der Waals surface area contributed by atoms with E-state index in [1.165, 1.54) is 18.2 Å². The second-order valence-electron chi connectivity index (χ2n) is 3.24. The molecule has 0 aliphatic carbocycles. The molecule has 16 heavy (non-hydrogen) atoms. The van der Waals surface area contributed by atoms with Crippen molar-refractivity contribution in [1.82, 2.24) is 0 Å². The fourth-order valence-electron chi connectivity index (χ4n) is 1.17.